The van der Waals surface area contributed by atoms with Crippen molar-refractivity contribution in [3.63, 3.8) is 0 Å². The summed E-state index contributed by atoms with van der Waals surface area (Å²) in [5, 5.41) is 1.46. The predicted molar refractivity (Wildman–Crippen MR) is 40.9 cm³/mol. The normalized spacial score (nSPS) is 25.8. The summed E-state index contributed by atoms with van der Waals surface area (Å²) in [6.45, 7) is 0. The van der Waals surface area contributed by atoms with Crippen molar-refractivity contribution in [1.82, 2.24) is 0 Å². The molecule has 1 aromatic rings. The Morgan fingerprint density at radius 3 is 2.50 bits per heavy atom. The molecule has 1 N–H and O–H groups in total. The minimum atomic E-state index is -6.56. The van der Waals surface area contributed by atoms with Gasteiger partial charge in [-0.1, -0.05) is 0 Å². The summed E-state index contributed by atoms with van der Waals surface area (Å²) in [4.78, 5) is 0. The summed E-state index contributed by atoms with van der Waals surface area (Å²) >= 11 is 0. The number of nitrogens with one attached hydrogen (secondary N) is 1. The number of fused-ring (bicyclic) bond motifs is 1. The molecule has 2 rings (SSSR count). The first-order valence-electron chi connectivity index (χ1n) is 3.19. The fourth-order valence-electron chi connectivity index (χ4n) is 1.01. The molecule has 12 heavy (non-hydrogen) atoms. The van der Waals surface area contributed by atoms with Crippen LogP contribution in [0.3, 0.4) is 0 Å². The molecule has 6 heteroatoms. The summed E-state index contributed by atoms with van der Waals surface area (Å²) in [7, 11) is -6.56. The Bertz CT molecular complexity index is 306. The summed E-state index contributed by atoms with van der Waals surface area (Å²) in [6, 6.07) is 5.64. The van der Waals surface area contributed by atoms with Crippen LogP contribution in [0.25, 0.3) is 0 Å². The van der Waals surface area contributed by atoms with Crippen molar-refractivity contribution < 1.29 is 17.1 Å². The van der Waals surface area contributed by atoms with Crippen molar-refractivity contribution in [2.45, 2.75) is 0 Å². The molecular formula is C6H5F3NOP. The minimum absolute atomic E-state index is 0.00247. The van der Waals surface area contributed by atoms with Crippen LogP contribution in [0.4, 0.5) is 18.3 Å². The van der Waals surface area contributed by atoms with E-state index >= 15 is 0 Å². The third-order valence-electron chi connectivity index (χ3n) is 1.43. The van der Waals surface area contributed by atoms with Crippen molar-refractivity contribution in [3.8, 4) is 5.75 Å². The third kappa shape index (κ3) is 1.20. The molecule has 0 bridgehead atoms. The third-order valence-corrected chi connectivity index (χ3v) is 2.51. The van der Waals surface area contributed by atoms with Crippen molar-refractivity contribution in [2.24, 2.45) is 0 Å². The predicted octanol–water partition coefficient (Wildman–Crippen LogP) is 3.53. The molecule has 2 nitrogen and oxygen atoms in total. The van der Waals surface area contributed by atoms with Crippen molar-refractivity contribution in [2.75, 3.05) is 5.09 Å². The Kier molecular flexibility index (Phi) is 1.19. The van der Waals surface area contributed by atoms with Gasteiger partial charge in [0.15, 0.2) is 0 Å². The molecule has 0 atom stereocenters. The van der Waals surface area contributed by atoms with Crippen molar-refractivity contribution in [3.05, 3.63) is 24.3 Å². The summed E-state index contributed by atoms with van der Waals surface area (Å²) in [6.07, 6.45) is 0. The van der Waals surface area contributed by atoms with Crippen LogP contribution in [0.1, 0.15) is 0 Å². The second-order valence-corrected chi connectivity index (χ2v) is 4.34. The number of hydrogen-bond donors (Lipinski definition) is 1. The fourth-order valence-corrected chi connectivity index (χ4v) is 2.09. The fraction of sp³-hybridized carbons (Fsp3) is 0. The van der Waals surface area contributed by atoms with Crippen LogP contribution in [0.2, 0.25) is 0 Å². The SMILES string of the molecule is FP1(F)(F)Nc2ccccc2O1. The number of halogens is 3. The molecule has 0 aromatic heterocycles. The first-order chi connectivity index (χ1) is 5.44. The molecule has 1 aromatic carbocycles. The van der Waals surface area contributed by atoms with E-state index in [-0.39, 0.29) is 11.4 Å². The number of anilines is 1. The van der Waals surface area contributed by atoms with Crippen LogP contribution in [-0.4, -0.2) is 0 Å². The second-order valence-electron chi connectivity index (χ2n) is 2.44. The van der Waals surface area contributed by atoms with Gasteiger partial charge >= 0.3 is 65.8 Å². The zero-order valence-electron chi connectivity index (χ0n) is 5.80. The van der Waals surface area contributed by atoms with E-state index in [9.17, 15) is 12.6 Å². The Hall–Kier alpha value is -0.960. The molecule has 0 fully saturated rings. The van der Waals surface area contributed by atoms with Gasteiger partial charge in [0.05, 0.1) is 0 Å². The Labute approximate surface area is 66.8 Å². The van der Waals surface area contributed by atoms with Gasteiger partial charge in [-0.25, -0.2) is 0 Å². The van der Waals surface area contributed by atoms with Gasteiger partial charge in [0.25, 0.3) is 0 Å². The van der Waals surface area contributed by atoms with E-state index in [1.54, 1.807) is 0 Å². The van der Waals surface area contributed by atoms with Gasteiger partial charge in [0.2, 0.25) is 0 Å². The molecule has 0 spiro atoms. The molecule has 0 unspecified atom stereocenters. The maximum atomic E-state index is 12.6. The van der Waals surface area contributed by atoms with Crippen LogP contribution in [0.15, 0.2) is 24.3 Å². The molecular weight excluding hydrogens is 190 g/mol. The summed E-state index contributed by atoms with van der Waals surface area (Å²) in [5.74, 6) is -0.136. The monoisotopic (exact) mass is 195 g/mol. The molecule has 0 amide bonds. The van der Waals surface area contributed by atoms with Gasteiger partial charge < -0.3 is 0 Å². The Morgan fingerprint density at radius 1 is 1.17 bits per heavy atom. The zero-order valence-corrected chi connectivity index (χ0v) is 6.69. The van der Waals surface area contributed by atoms with Gasteiger partial charge in [0, 0.05) is 0 Å². The second kappa shape index (κ2) is 1.85. The van der Waals surface area contributed by atoms with E-state index in [0.717, 1.165) is 0 Å². The van der Waals surface area contributed by atoms with Crippen molar-refractivity contribution in [1.29, 1.82) is 0 Å². The quantitative estimate of drug-likeness (QED) is 0.639. The Balaban J connectivity index is 2.47. The molecule has 1 aliphatic rings. The zero-order chi connectivity index (χ0) is 8.84. The van der Waals surface area contributed by atoms with E-state index in [4.69, 9.17) is 0 Å². The first-order valence-corrected chi connectivity index (χ1v) is 5.02. The van der Waals surface area contributed by atoms with Crippen LogP contribution in [-0.2, 0) is 0 Å². The first kappa shape index (κ1) is 7.68. The van der Waals surface area contributed by atoms with E-state index in [2.05, 4.69) is 4.52 Å². The molecule has 0 radical (unpaired) electrons. The average Bonchev–Trinajstić information content (AvgIpc) is 2.16. The van der Waals surface area contributed by atoms with E-state index < -0.39 is 7.91 Å². The maximum absolute atomic E-state index is 12.6. The molecule has 0 saturated heterocycles. The van der Waals surface area contributed by atoms with Crippen molar-refractivity contribution >= 4 is 13.6 Å². The number of rotatable bonds is 0. The molecule has 1 aliphatic heterocycles. The molecule has 0 saturated carbocycles. The molecule has 1 heterocycles. The molecule has 0 aliphatic carbocycles. The number of para-hydroxylation sites is 2. The summed E-state index contributed by atoms with van der Waals surface area (Å²) in [5.41, 5.74) is 0.00247. The van der Waals surface area contributed by atoms with E-state index in [1.807, 2.05) is 0 Å². The number of benzene rings is 1. The summed E-state index contributed by atoms with van der Waals surface area (Å²) < 4.78 is 41.6. The van der Waals surface area contributed by atoms with Crippen LogP contribution < -0.4 is 9.61 Å². The average molecular weight is 195 g/mol. The van der Waals surface area contributed by atoms with Gasteiger partial charge in [-0.05, 0) is 0 Å². The standard InChI is InChI=1S/C6H5F3NOP/c7-12(8,9)10-5-3-1-2-4-6(5)11-12/h1-4,10H. The number of hydrogen-bond acceptors (Lipinski definition) is 2. The topological polar surface area (TPSA) is 21.3 Å². The molecule has 66 valence electrons. The van der Waals surface area contributed by atoms with E-state index in [1.165, 1.54) is 29.4 Å². The van der Waals surface area contributed by atoms with Crippen LogP contribution in [0.5, 0.6) is 5.75 Å². The van der Waals surface area contributed by atoms with Crippen LogP contribution in [0, 0.1) is 0 Å². The van der Waals surface area contributed by atoms with Gasteiger partial charge in [-0.3, -0.25) is 0 Å². The van der Waals surface area contributed by atoms with Crippen LogP contribution >= 0.6 is 7.91 Å². The van der Waals surface area contributed by atoms with E-state index in [0.29, 0.717) is 0 Å². The van der Waals surface area contributed by atoms with Gasteiger partial charge in [-0.15, -0.1) is 0 Å². The van der Waals surface area contributed by atoms with Gasteiger partial charge in [0.1, 0.15) is 0 Å². The Morgan fingerprint density at radius 2 is 1.83 bits per heavy atom. The van der Waals surface area contributed by atoms with Gasteiger partial charge in [-0.2, -0.15) is 0 Å².